The highest BCUT2D eigenvalue weighted by Gasteiger charge is 1.99. The van der Waals surface area contributed by atoms with Crippen LogP contribution in [0, 0.1) is 0 Å². The highest BCUT2D eigenvalue weighted by atomic mass is 16.3. The van der Waals surface area contributed by atoms with Crippen molar-refractivity contribution in [3.8, 4) is 11.5 Å². The van der Waals surface area contributed by atoms with E-state index in [1.807, 2.05) is 36.4 Å². The van der Waals surface area contributed by atoms with Crippen LogP contribution in [0.25, 0.3) is 0 Å². The fourth-order valence-electron chi connectivity index (χ4n) is 3.26. The predicted octanol–water partition coefficient (Wildman–Crippen LogP) is 2.02. The molecule has 0 heterocycles. The maximum Gasteiger partial charge on any atom is 0.118 e. The third kappa shape index (κ3) is 10.6. The molecular formula is C24H38N4O2. The summed E-state index contributed by atoms with van der Waals surface area (Å²) in [6.45, 7) is 7.72. The van der Waals surface area contributed by atoms with Crippen molar-refractivity contribution in [2.75, 3.05) is 52.4 Å². The smallest absolute Gasteiger partial charge is 0.118 e. The Balaban J connectivity index is 1.29. The van der Waals surface area contributed by atoms with Crippen molar-refractivity contribution in [3.63, 3.8) is 0 Å². The lowest BCUT2D eigenvalue weighted by Gasteiger charge is -2.09. The molecule has 0 saturated heterocycles. The summed E-state index contributed by atoms with van der Waals surface area (Å²) in [7, 11) is 0. The first kappa shape index (κ1) is 24.2. The van der Waals surface area contributed by atoms with Gasteiger partial charge in [-0.25, -0.2) is 0 Å². The lowest BCUT2D eigenvalue weighted by molar-refractivity contribution is 0.466. The van der Waals surface area contributed by atoms with E-state index < -0.39 is 0 Å². The number of phenolic OH excluding ortho intramolecular Hbond substituents is 2. The van der Waals surface area contributed by atoms with Gasteiger partial charge in [-0.05, 0) is 75.1 Å². The molecule has 0 aromatic heterocycles. The van der Waals surface area contributed by atoms with Crippen molar-refractivity contribution >= 4 is 0 Å². The number of para-hydroxylation sites is 2. The molecule has 2 rings (SSSR count). The van der Waals surface area contributed by atoms with Crippen LogP contribution in [-0.4, -0.2) is 62.6 Å². The van der Waals surface area contributed by atoms with Crippen LogP contribution in [0.3, 0.4) is 0 Å². The van der Waals surface area contributed by atoms with Gasteiger partial charge in [-0.15, -0.1) is 0 Å². The summed E-state index contributed by atoms with van der Waals surface area (Å²) in [5.41, 5.74) is 2.02. The van der Waals surface area contributed by atoms with Gasteiger partial charge in [-0.2, -0.15) is 0 Å². The summed E-state index contributed by atoms with van der Waals surface area (Å²) in [5.74, 6) is 0.783. The standard InChI is InChI=1S/C24H38N4O2/c29-23-10-3-1-7-21(23)9-5-13-26-17-19-28-20-18-27-15-6-14-25-16-12-22-8-2-4-11-24(22)30/h1-4,7-8,10-11,25-30H,5-6,9,12-20H2. The number of benzene rings is 2. The number of aromatic hydroxyl groups is 2. The van der Waals surface area contributed by atoms with E-state index in [4.69, 9.17) is 0 Å². The van der Waals surface area contributed by atoms with E-state index in [1.54, 1.807) is 12.1 Å². The summed E-state index contributed by atoms with van der Waals surface area (Å²) < 4.78 is 0. The van der Waals surface area contributed by atoms with Crippen molar-refractivity contribution in [2.45, 2.75) is 25.7 Å². The van der Waals surface area contributed by atoms with E-state index in [0.717, 1.165) is 89.2 Å². The molecule has 2 aromatic carbocycles. The van der Waals surface area contributed by atoms with Crippen molar-refractivity contribution < 1.29 is 10.2 Å². The first-order valence-electron chi connectivity index (χ1n) is 11.1. The molecule has 6 N–H and O–H groups in total. The number of phenols is 2. The van der Waals surface area contributed by atoms with Gasteiger partial charge in [-0.3, -0.25) is 0 Å². The molecule has 0 amide bonds. The van der Waals surface area contributed by atoms with Crippen molar-refractivity contribution in [1.82, 2.24) is 21.3 Å². The number of hydrogen-bond acceptors (Lipinski definition) is 6. The zero-order valence-electron chi connectivity index (χ0n) is 18.0. The Hall–Kier alpha value is -2.12. The second-order valence-electron chi connectivity index (χ2n) is 7.46. The first-order valence-corrected chi connectivity index (χ1v) is 11.1. The van der Waals surface area contributed by atoms with Crippen LogP contribution in [0.15, 0.2) is 48.5 Å². The van der Waals surface area contributed by atoms with Crippen molar-refractivity contribution in [2.24, 2.45) is 0 Å². The normalized spacial score (nSPS) is 11.1. The lowest BCUT2D eigenvalue weighted by Crippen LogP contribution is -2.33. The minimum atomic E-state index is 0.385. The maximum atomic E-state index is 9.73. The molecule has 0 radical (unpaired) electrons. The van der Waals surface area contributed by atoms with Gasteiger partial charge in [0.15, 0.2) is 0 Å². The van der Waals surface area contributed by atoms with Crippen LogP contribution in [0.4, 0.5) is 0 Å². The zero-order chi connectivity index (χ0) is 21.3. The molecule has 0 aliphatic carbocycles. The van der Waals surface area contributed by atoms with Crippen LogP contribution < -0.4 is 21.3 Å². The molecule has 0 bridgehead atoms. The quantitative estimate of drug-likeness (QED) is 0.222. The SMILES string of the molecule is Oc1ccccc1CCCNCCNCCNCCCNCCc1ccccc1O. The monoisotopic (exact) mass is 414 g/mol. The zero-order valence-corrected chi connectivity index (χ0v) is 18.0. The number of nitrogens with one attached hydrogen (secondary N) is 4. The highest BCUT2D eigenvalue weighted by Crippen LogP contribution is 2.17. The third-order valence-corrected chi connectivity index (χ3v) is 5.02. The average molecular weight is 415 g/mol. The summed E-state index contributed by atoms with van der Waals surface area (Å²) in [6.07, 6.45) is 3.88. The van der Waals surface area contributed by atoms with Gasteiger partial charge in [0.1, 0.15) is 11.5 Å². The van der Waals surface area contributed by atoms with Crippen LogP contribution in [0.1, 0.15) is 24.0 Å². The molecule has 0 aliphatic heterocycles. The van der Waals surface area contributed by atoms with Gasteiger partial charge in [0.05, 0.1) is 0 Å². The van der Waals surface area contributed by atoms with Gasteiger partial charge < -0.3 is 31.5 Å². The van der Waals surface area contributed by atoms with Crippen molar-refractivity contribution in [1.29, 1.82) is 0 Å². The average Bonchev–Trinajstić information content (AvgIpc) is 2.76. The van der Waals surface area contributed by atoms with E-state index >= 15 is 0 Å². The Morgan fingerprint density at radius 1 is 0.467 bits per heavy atom. The fourth-order valence-corrected chi connectivity index (χ4v) is 3.26. The number of aryl methyl sites for hydroxylation is 1. The second-order valence-corrected chi connectivity index (χ2v) is 7.46. The Morgan fingerprint density at radius 2 is 0.900 bits per heavy atom. The predicted molar refractivity (Wildman–Crippen MR) is 124 cm³/mol. The van der Waals surface area contributed by atoms with Crippen LogP contribution in [0.5, 0.6) is 11.5 Å². The highest BCUT2D eigenvalue weighted by molar-refractivity contribution is 5.32. The van der Waals surface area contributed by atoms with Crippen LogP contribution in [0.2, 0.25) is 0 Å². The molecule has 2 aromatic rings. The summed E-state index contributed by atoms with van der Waals surface area (Å²) in [4.78, 5) is 0. The Kier molecular flexibility index (Phi) is 12.6. The van der Waals surface area contributed by atoms with Gasteiger partial charge in [0.2, 0.25) is 0 Å². The molecular weight excluding hydrogens is 376 g/mol. The molecule has 0 aliphatic rings. The Labute approximate surface area is 181 Å². The first-order chi connectivity index (χ1) is 14.8. The molecule has 6 nitrogen and oxygen atoms in total. The van der Waals surface area contributed by atoms with E-state index in [2.05, 4.69) is 21.3 Å². The second kappa shape index (κ2) is 15.7. The van der Waals surface area contributed by atoms with E-state index in [0.29, 0.717) is 11.5 Å². The summed E-state index contributed by atoms with van der Waals surface area (Å²) in [6, 6.07) is 15.1. The van der Waals surface area contributed by atoms with Crippen molar-refractivity contribution in [3.05, 3.63) is 59.7 Å². The molecule has 0 spiro atoms. The Bertz CT molecular complexity index is 637. The number of hydrogen-bond donors (Lipinski definition) is 6. The van der Waals surface area contributed by atoms with Crippen LogP contribution in [-0.2, 0) is 12.8 Å². The molecule has 0 saturated carbocycles. The van der Waals surface area contributed by atoms with E-state index in [1.165, 1.54) is 0 Å². The van der Waals surface area contributed by atoms with E-state index in [-0.39, 0.29) is 0 Å². The molecule has 0 atom stereocenters. The largest absolute Gasteiger partial charge is 0.508 e. The summed E-state index contributed by atoms with van der Waals surface area (Å²) in [5, 5.41) is 33.2. The molecule has 166 valence electrons. The molecule has 0 unspecified atom stereocenters. The minimum absolute atomic E-state index is 0.385. The maximum absolute atomic E-state index is 9.73. The van der Waals surface area contributed by atoms with Gasteiger partial charge in [0, 0.05) is 26.2 Å². The number of rotatable bonds is 17. The van der Waals surface area contributed by atoms with Gasteiger partial charge in [0.25, 0.3) is 0 Å². The van der Waals surface area contributed by atoms with E-state index in [9.17, 15) is 10.2 Å². The van der Waals surface area contributed by atoms with Crippen LogP contribution >= 0.6 is 0 Å². The molecule has 6 heteroatoms. The van der Waals surface area contributed by atoms with Gasteiger partial charge >= 0.3 is 0 Å². The minimum Gasteiger partial charge on any atom is -0.508 e. The molecule has 30 heavy (non-hydrogen) atoms. The Morgan fingerprint density at radius 3 is 1.47 bits per heavy atom. The fraction of sp³-hybridized carbons (Fsp3) is 0.500. The van der Waals surface area contributed by atoms with Gasteiger partial charge in [-0.1, -0.05) is 36.4 Å². The molecule has 0 fully saturated rings. The topological polar surface area (TPSA) is 88.6 Å². The summed E-state index contributed by atoms with van der Waals surface area (Å²) >= 11 is 0. The third-order valence-electron chi connectivity index (χ3n) is 5.02. The lowest BCUT2D eigenvalue weighted by atomic mass is 10.1.